The maximum atomic E-state index is 13.9. The lowest BCUT2D eigenvalue weighted by atomic mass is 9.70. The van der Waals surface area contributed by atoms with Crippen molar-refractivity contribution in [2.75, 3.05) is 0 Å². The molecule has 11 unspecified atom stereocenters. The van der Waals surface area contributed by atoms with E-state index in [4.69, 9.17) is 16.2 Å². The number of rotatable bonds is 6. The van der Waals surface area contributed by atoms with E-state index in [1.807, 2.05) is 34.6 Å². The Balaban J connectivity index is 0.00000142. The molecule has 1 saturated heterocycles. The van der Waals surface area contributed by atoms with Gasteiger partial charge in [-0.05, 0) is 120 Å². The van der Waals surface area contributed by atoms with E-state index in [9.17, 15) is 9.59 Å². The van der Waals surface area contributed by atoms with Crippen LogP contribution in [0.3, 0.4) is 0 Å². The molecule has 5 N–H and O–H groups in total. The lowest BCUT2D eigenvalue weighted by Gasteiger charge is -2.44. The van der Waals surface area contributed by atoms with Crippen LogP contribution >= 0.6 is 11.8 Å². The van der Waals surface area contributed by atoms with Gasteiger partial charge in [0.15, 0.2) is 5.12 Å². The van der Waals surface area contributed by atoms with Crippen LogP contribution in [0.5, 0.6) is 0 Å². The van der Waals surface area contributed by atoms with E-state index in [1.165, 1.54) is 43.9 Å². The highest BCUT2D eigenvalue weighted by molar-refractivity contribution is 8.14. The minimum absolute atomic E-state index is 0.0834. The fourth-order valence-electron chi connectivity index (χ4n) is 10.1. The summed E-state index contributed by atoms with van der Waals surface area (Å²) in [6, 6.07) is 0.505. The molecule has 13 atom stereocenters. The molecule has 2 fully saturated rings. The normalized spacial score (nSPS) is 39.2. The molecule has 0 amide bonds. The summed E-state index contributed by atoms with van der Waals surface area (Å²) in [6.45, 7) is 39.0. The quantitative estimate of drug-likeness (QED) is 0.230. The van der Waals surface area contributed by atoms with Crippen molar-refractivity contribution in [3.05, 3.63) is 16.8 Å². The van der Waals surface area contributed by atoms with Gasteiger partial charge in [0.2, 0.25) is 0 Å². The fraction of sp³-hybridized carbons (Fsp3) is 0.896. The topological polar surface area (TPSA) is 107 Å². The van der Waals surface area contributed by atoms with E-state index >= 15 is 0 Å². The van der Waals surface area contributed by atoms with Gasteiger partial charge in [-0.1, -0.05) is 127 Å². The minimum Gasteiger partial charge on any atom is -0.402 e. The molecule has 2 heterocycles. The number of hydrogen-bond donors (Lipinski definition) is 3. The fourth-order valence-corrected chi connectivity index (χ4v) is 11.3. The average molecular weight is 792 g/mol. The van der Waals surface area contributed by atoms with E-state index in [-0.39, 0.29) is 28.2 Å². The van der Waals surface area contributed by atoms with Gasteiger partial charge < -0.3 is 21.5 Å². The van der Waals surface area contributed by atoms with Crippen LogP contribution in [0.1, 0.15) is 189 Å². The lowest BCUT2D eigenvalue weighted by Crippen LogP contribution is -2.54. The van der Waals surface area contributed by atoms with Crippen LogP contribution in [0.15, 0.2) is 16.8 Å². The third kappa shape index (κ3) is 17.3. The summed E-state index contributed by atoms with van der Waals surface area (Å²) in [4.78, 5) is 26.2. The summed E-state index contributed by atoms with van der Waals surface area (Å²) in [5, 5.41) is 4.00. The molecule has 324 valence electrons. The van der Waals surface area contributed by atoms with E-state index in [0.717, 1.165) is 43.1 Å². The summed E-state index contributed by atoms with van der Waals surface area (Å²) >= 11 is 1.33. The van der Waals surface area contributed by atoms with Crippen molar-refractivity contribution in [1.29, 1.82) is 0 Å². The first-order valence-electron chi connectivity index (χ1n) is 22.8. The molecule has 0 aromatic heterocycles. The highest BCUT2D eigenvalue weighted by atomic mass is 32.2. The van der Waals surface area contributed by atoms with Crippen LogP contribution in [0.4, 0.5) is 0 Å². The molecule has 3 rings (SSSR count). The SMILES string of the molecule is CC.CC(C)CC1CC(C)OC(C)C1.CCC.CCC1C(C)CC(C)CC1NC1C(C)CC(C)C/C(C)=C(\N)[C@H](C)C(=C=O)[C@](C)(N)C(CC)SC(=O)C1C. The highest BCUT2D eigenvalue weighted by Crippen LogP contribution is 2.40. The first kappa shape index (κ1) is 53.9. The average Bonchev–Trinajstić information content (AvgIpc) is 3.08. The lowest BCUT2D eigenvalue weighted by molar-refractivity contribution is -0.115. The van der Waals surface area contributed by atoms with Crippen LogP contribution in [-0.4, -0.2) is 46.1 Å². The molecule has 0 radical (unpaired) electrons. The third-order valence-electron chi connectivity index (χ3n) is 12.5. The Morgan fingerprint density at radius 1 is 0.873 bits per heavy atom. The summed E-state index contributed by atoms with van der Waals surface area (Å²) < 4.78 is 5.70. The first-order valence-corrected chi connectivity index (χ1v) is 23.7. The number of nitrogens with one attached hydrogen (secondary N) is 1. The van der Waals surface area contributed by atoms with E-state index < -0.39 is 5.54 Å². The molecule has 3 aliphatic rings. The van der Waals surface area contributed by atoms with Gasteiger partial charge in [0.1, 0.15) is 5.94 Å². The third-order valence-corrected chi connectivity index (χ3v) is 14.2. The largest absolute Gasteiger partial charge is 0.402 e. The van der Waals surface area contributed by atoms with Crippen LogP contribution in [0.25, 0.3) is 0 Å². The number of thioether (sulfide) groups is 1. The van der Waals surface area contributed by atoms with Crippen LogP contribution in [-0.2, 0) is 14.3 Å². The second-order valence-electron chi connectivity index (χ2n) is 18.8. The van der Waals surface area contributed by atoms with Crippen LogP contribution in [0, 0.1) is 53.3 Å². The van der Waals surface area contributed by atoms with E-state index in [2.05, 4.69) is 101 Å². The molecular formula is C48H93N3O3S. The summed E-state index contributed by atoms with van der Waals surface area (Å²) in [5.41, 5.74) is 14.8. The maximum absolute atomic E-state index is 13.9. The summed E-state index contributed by atoms with van der Waals surface area (Å²) in [5.74, 6) is 6.16. The zero-order chi connectivity index (χ0) is 42.8. The second kappa shape index (κ2) is 26.8. The molecule has 0 spiro atoms. The van der Waals surface area contributed by atoms with Gasteiger partial charge in [-0.15, -0.1) is 0 Å². The Bertz CT molecular complexity index is 1150. The minimum atomic E-state index is -0.993. The predicted octanol–water partition coefficient (Wildman–Crippen LogP) is 12.2. The molecule has 1 aliphatic carbocycles. The summed E-state index contributed by atoms with van der Waals surface area (Å²) in [7, 11) is 0. The van der Waals surface area contributed by atoms with Crippen molar-refractivity contribution in [3.8, 4) is 0 Å². The molecule has 0 aromatic rings. The monoisotopic (exact) mass is 792 g/mol. The predicted molar refractivity (Wildman–Crippen MR) is 243 cm³/mol. The Morgan fingerprint density at radius 2 is 1.40 bits per heavy atom. The second-order valence-corrected chi connectivity index (χ2v) is 20.0. The van der Waals surface area contributed by atoms with Gasteiger partial charge in [0, 0.05) is 40.4 Å². The van der Waals surface area contributed by atoms with Crippen molar-refractivity contribution < 1.29 is 14.3 Å². The Morgan fingerprint density at radius 3 is 1.87 bits per heavy atom. The van der Waals surface area contributed by atoms with Crippen molar-refractivity contribution >= 4 is 22.8 Å². The van der Waals surface area contributed by atoms with Gasteiger partial charge in [-0.3, -0.25) is 4.79 Å². The van der Waals surface area contributed by atoms with Gasteiger partial charge in [-0.25, -0.2) is 4.79 Å². The number of ether oxygens (including phenoxy) is 1. The van der Waals surface area contributed by atoms with Gasteiger partial charge >= 0.3 is 0 Å². The maximum Gasteiger partial charge on any atom is 0.193 e. The highest BCUT2D eigenvalue weighted by Gasteiger charge is 2.42. The van der Waals surface area contributed by atoms with Crippen molar-refractivity contribution in [1.82, 2.24) is 5.32 Å². The van der Waals surface area contributed by atoms with Gasteiger partial charge in [-0.2, -0.15) is 0 Å². The molecule has 55 heavy (non-hydrogen) atoms. The van der Waals surface area contributed by atoms with Crippen LogP contribution < -0.4 is 16.8 Å². The molecule has 7 heteroatoms. The number of carbonyl (C=O) groups excluding carboxylic acids is 2. The zero-order valence-electron chi connectivity index (χ0n) is 39.4. The Labute approximate surface area is 346 Å². The molecular weight excluding hydrogens is 699 g/mol. The Kier molecular flexibility index (Phi) is 26.3. The smallest absolute Gasteiger partial charge is 0.193 e. The first-order chi connectivity index (χ1) is 25.7. The number of hydrogen-bond acceptors (Lipinski definition) is 7. The van der Waals surface area contributed by atoms with Crippen molar-refractivity contribution in [2.45, 2.75) is 224 Å². The summed E-state index contributed by atoms with van der Waals surface area (Å²) in [6.07, 6.45) is 12.3. The van der Waals surface area contributed by atoms with E-state index in [1.54, 1.807) is 0 Å². The number of allylic oxidation sites excluding steroid dienone is 2. The standard InChI is InChI=1S/C32H57N3O2S.C11H22O.C3H8.C2H6/c1-11-25-20(5)13-19(4)16-27(25)35-30-22(7)15-18(3)14-21(6)29(33)23(8)26(17-36)32(10,34)28(12-2)38-31(37)24(30)9;1-8(2)5-11-6-9(3)12-10(4)7-11;1-3-2;1-2/h18-20,22-25,27-28,30,35H,11-16,33-34H2,1-10H3;8-11H,5-7H2,1-4H3;3H2,1-2H3;1-2H3/b29-21-;;;/t18?,19?,20?,22?,23-,24?,25?,27?,28?,30?,32+;;;/m1.../s1. The molecule has 0 bridgehead atoms. The molecule has 1 saturated carbocycles. The molecule has 0 aromatic carbocycles. The van der Waals surface area contributed by atoms with Crippen molar-refractivity contribution in [3.63, 3.8) is 0 Å². The zero-order valence-corrected chi connectivity index (χ0v) is 40.3. The molecule has 2 aliphatic heterocycles. The van der Waals surface area contributed by atoms with Crippen LogP contribution in [0.2, 0.25) is 0 Å². The molecule has 6 nitrogen and oxygen atoms in total. The Hall–Kier alpha value is -1.11. The van der Waals surface area contributed by atoms with E-state index in [0.29, 0.717) is 65.5 Å². The van der Waals surface area contributed by atoms with Gasteiger partial charge in [0.25, 0.3) is 0 Å². The van der Waals surface area contributed by atoms with Crippen molar-refractivity contribution in [2.24, 2.45) is 64.7 Å². The van der Waals surface area contributed by atoms with Gasteiger partial charge in [0.05, 0.1) is 17.7 Å². The number of nitrogens with two attached hydrogens (primary N) is 2. The number of carbonyl (C=O) groups is 1.